The Morgan fingerprint density at radius 1 is 0.743 bits per heavy atom. The van der Waals surface area contributed by atoms with Crippen LogP contribution in [-0.4, -0.2) is 11.0 Å². The molecule has 2 N–H and O–H groups in total. The second-order valence-corrected chi connectivity index (χ2v) is 9.05. The van der Waals surface area contributed by atoms with E-state index in [1.807, 2.05) is 54.6 Å². The molecule has 4 heteroatoms. The van der Waals surface area contributed by atoms with Gasteiger partial charge in [0.15, 0.2) is 5.76 Å². The molecule has 0 atom stereocenters. The first-order valence-corrected chi connectivity index (χ1v) is 11.8. The third kappa shape index (κ3) is 5.38. The van der Waals surface area contributed by atoms with Gasteiger partial charge in [0.2, 0.25) is 0 Å². The summed E-state index contributed by atoms with van der Waals surface area (Å²) in [5.41, 5.74) is 10.5. The van der Waals surface area contributed by atoms with Crippen LogP contribution in [0.1, 0.15) is 60.8 Å². The number of phenols is 1. The maximum absolute atomic E-state index is 12.8. The quantitative estimate of drug-likeness (QED) is 0.289. The molecule has 4 nitrogen and oxygen atoms in total. The first-order chi connectivity index (χ1) is 16.7. The second-order valence-electron chi connectivity index (χ2n) is 9.05. The van der Waals surface area contributed by atoms with E-state index in [9.17, 15) is 9.90 Å². The van der Waals surface area contributed by atoms with Crippen LogP contribution in [0.5, 0.6) is 5.75 Å². The van der Waals surface area contributed by atoms with E-state index in [0.717, 1.165) is 16.9 Å². The summed E-state index contributed by atoms with van der Waals surface area (Å²) in [7, 11) is 0. The Hall–Kier alpha value is -4.05. The molecular formula is C31H31NO3. The molecule has 0 aliphatic rings. The maximum Gasteiger partial charge on any atom is 0.291 e. The Labute approximate surface area is 206 Å². The molecule has 0 spiro atoms. The van der Waals surface area contributed by atoms with Crippen molar-refractivity contribution in [1.29, 1.82) is 0 Å². The zero-order valence-corrected chi connectivity index (χ0v) is 20.9. The van der Waals surface area contributed by atoms with Crippen LogP contribution in [0, 0.1) is 34.6 Å². The second kappa shape index (κ2) is 10.1. The number of nitrogens with one attached hydrogen (secondary N) is 1. The van der Waals surface area contributed by atoms with Gasteiger partial charge in [0.25, 0.3) is 5.91 Å². The van der Waals surface area contributed by atoms with Crippen LogP contribution in [0.2, 0.25) is 0 Å². The molecule has 4 aromatic rings. The van der Waals surface area contributed by atoms with Gasteiger partial charge in [-0.15, -0.1) is 0 Å². The van der Waals surface area contributed by atoms with E-state index in [4.69, 9.17) is 4.42 Å². The minimum atomic E-state index is -0.270. The smallest absolute Gasteiger partial charge is 0.291 e. The van der Waals surface area contributed by atoms with E-state index in [1.165, 1.54) is 33.4 Å². The highest BCUT2D eigenvalue weighted by molar-refractivity contribution is 6.02. The molecule has 3 aromatic carbocycles. The number of hydrogen-bond donors (Lipinski definition) is 2. The van der Waals surface area contributed by atoms with Crippen molar-refractivity contribution in [3.05, 3.63) is 117 Å². The fraction of sp³-hybridized carbons (Fsp3) is 0.194. The van der Waals surface area contributed by atoms with Gasteiger partial charge >= 0.3 is 0 Å². The highest BCUT2D eigenvalue weighted by Gasteiger charge is 2.16. The predicted octanol–water partition coefficient (Wildman–Crippen LogP) is 7.54. The number of carbonyl (C=O) groups is 1. The van der Waals surface area contributed by atoms with E-state index >= 15 is 0 Å². The summed E-state index contributed by atoms with van der Waals surface area (Å²) < 4.78 is 5.92. The third-order valence-corrected chi connectivity index (χ3v) is 6.92. The Bertz CT molecular complexity index is 1360. The highest BCUT2D eigenvalue weighted by atomic mass is 16.3. The molecule has 0 aliphatic heterocycles. The molecule has 0 radical (unpaired) electrons. The Kier molecular flexibility index (Phi) is 6.92. The van der Waals surface area contributed by atoms with Gasteiger partial charge in [-0.25, -0.2) is 0 Å². The van der Waals surface area contributed by atoms with Gasteiger partial charge in [-0.05, 0) is 116 Å². The fourth-order valence-corrected chi connectivity index (χ4v) is 4.26. The molecule has 1 aromatic heterocycles. The third-order valence-electron chi connectivity index (χ3n) is 6.92. The molecule has 1 amide bonds. The molecule has 35 heavy (non-hydrogen) atoms. The Balaban J connectivity index is 1.42. The number of hydrogen-bond acceptors (Lipinski definition) is 3. The van der Waals surface area contributed by atoms with Crippen LogP contribution in [0.15, 0.2) is 65.1 Å². The summed E-state index contributed by atoms with van der Waals surface area (Å²) in [6.07, 6.45) is 4.61. The van der Waals surface area contributed by atoms with Crippen molar-refractivity contribution in [2.45, 2.75) is 41.0 Å². The number of rotatable bonds is 6. The number of anilines is 1. The standard InChI is InChI=1S/C31H31NO3/c1-19-20(2)22(4)29(23(5)21(19)3)18-28-16-17-30(35-28)31(34)32-26-12-8-24(9-13-26)6-7-25-10-14-27(33)15-11-25/h6-17,33H,18H2,1-5H3,(H,32,34)/b7-6+. The summed E-state index contributed by atoms with van der Waals surface area (Å²) >= 11 is 0. The Morgan fingerprint density at radius 2 is 1.26 bits per heavy atom. The monoisotopic (exact) mass is 465 g/mol. The van der Waals surface area contributed by atoms with E-state index in [1.54, 1.807) is 18.2 Å². The largest absolute Gasteiger partial charge is 0.508 e. The lowest BCUT2D eigenvalue weighted by Gasteiger charge is -2.18. The van der Waals surface area contributed by atoms with Crippen molar-refractivity contribution in [2.75, 3.05) is 5.32 Å². The zero-order chi connectivity index (χ0) is 25.1. The van der Waals surface area contributed by atoms with Crippen LogP contribution in [0.3, 0.4) is 0 Å². The van der Waals surface area contributed by atoms with Gasteiger partial charge in [-0.3, -0.25) is 4.79 Å². The molecule has 0 unspecified atom stereocenters. The van der Waals surface area contributed by atoms with Gasteiger partial charge in [0, 0.05) is 12.1 Å². The van der Waals surface area contributed by atoms with Crippen LogP contribution in [0.25, 0.3) is 12.2 Å². The van der Waals surface area contributed by atoms with Crippen LogP contribution < -0.4 is 5.32 Å². The summed E-state index contributed by atoms with van der Waals surface area (Å²) in [5, 5.41) is 12.3. The van der Waals surface area contributed by atoms with Crippen molar-refractivity contribution in [1.82, 2.24) is 0 Å². The number of phenolic OH excluding ortho intramolecular Hbond substituents is 1. The molecule has 0 aliphatic carbocycles. The van der Waals surface area contributed by atoms with Crippen molar-refractivity contribution < 1.29 is 14.3 Å². The summed E-state index contributed by atoms with van der Waals surface area (Å²) in [6.45, 7) is 10.8. The number of benzene rings is 3. The van der Waals surface area contributed by atoms with Crippen LogP contribution in [0.4, 0.5) is 5.69 Å². The summed E-state index contributed by atoms with van der Waals surface area (Å²) in [5.74, 6) is 1.05. The lowest BCUT2D eigenvalue weighted by molar-refractivity contribution is 0.0995. The molecule has 0 saturated carbocycles. The lowest BCUT2D eigenvalue weighted by Crippen LogP contribution is -2.10. The normalized spacial score (nSPS) is 11.2. The van der Waals surface area contributed by atoms with Gasteiger partial charge < -0.3 is 14.8 Å². The minimum Gasteiger partial charge on any atom is -0.508 e. The average molecular weight is 466 g/mol. The molecule has 178 valence electrons. The van der Waals surface area contributed by atoms with Gasteiger partial charge in [-0.1, -0.05) is 36.4 Å². The predicted molar refractivity (Wildman–Crippen MR) is 143 cm³/mol. The SMILES string of the molecule is Cc1c(C)c(C)c(Cc2ccc(C(=O)Nc3ccc(/C=C/c4ccc(O)cc4)cc3)o2)c(C)c1C. The van der Waals surface area contributed by atoms with Crippen molar-refractivity contribution in [3.8, 4) is 5.75 Å². The van der Waals surface area contributed by atoms with E-state index in [2.05, 4.69) is 39.9 Å². The summed E-state index contributed by atoms with van der Waals surface area (Å²) in [4.78, 5) is 12.8. The molecule has 1 heterocycles. The molecule has 0 saturated heterocycles. The van der Waals surface area contributed by atoms with E-state index < -0.39 is 0 Å². The summed E-state index contributed by atoms with van der Waals surface area (Å²) in [6, 6.07) is 18.2. The molecule has 0 fully saturated rings. The topological polar surface area (TPSA) is 62.5 Å². The first kappa shape index (κ1) is 24.1. The average Bonchev–Trinajstić information content (AvgIpc) is 3.34. The van der Waals surface area contributed by atoms with E-state index in [0.29, 0.717) is 17.9 Å². The zero-order valence-electron chi connectivity index (χ0n) is 20.9. The molecule has 4 rings (SSSR count). The fourth-order valence-electron chi connectivity index (χ4n) is 4.26. The number of aromatic hydroxyl groups is 1. The Morgan fingerprint density at radius 3 is 1.83 bits per heavy atom. The van der Waals surface area contributed by atoms with Crippen LogP contribution in [-0.2, 0) is 6.42 Å². The van der Waals surface area contributed by atoms with Crippen molar-refractivity contribution >= 4 is 23.7 Å². The van der Waals surface area contributed by atoms with Gasteiger partial charge in [0.05, 0.1) is 0 Å². The van der Waals surface area contributed by atoms with Crippen LogP contribution >= 0.6 is 0 Å². The number of amides is 1. The maximum atomic E-state index is 12.8. The molecule has 0 bridgehead atoms. The number of carbonyl (C=O) groups excluding carboxylic acids is 1. The van der Waals surface area contributed by atoms with Gasteiger partial charge in [0.1, 0.15) is 11.5 Å². The lowest BCUT2D eigenvalue weighted by atomic mass is 9.88. The minimum absolute atomic E-state index is 0.247. The highest BCUT2D eigenvalue weighted by Crippen LogP contribution is 2.28. The first-order valence-electron chi connectivity index (χ1n) is 11.8. The van der Waals surface area contributed by atoms with Crippen molar-refractivity contribution in [3.63, 3.8) is 0 Å². The number of furan rings is 1. The van der Waals surface area contributed by atoms with Crippen molar-refractivity contribution in [2.24, 2.45) is 0 Å². The van der Waals surface area contributed by atoms with E-state index in [-0.39, 0.29) is 11.7 Å². The van der Waals surface area contributed by atoms with Gasteiger partial charge in [-0.2, -0.15) is 0 Å². The molecular weight excluding hydrogens is 434 g/mol.